The first kappa shape index (κ1) is 13.6. The molecule has 0 aliphatic heterocycles. The molecule has 0 fully saturated rings. The van der Waals surface area contributed by atoms with Crippen molar-refractivity contribution in [1.82, 2.24) is 10.3 Å². The van der Waals surface area contributed by atoms with E-state index in [0.717, 1.165) is 22.6 Å². The molecule has 102 valence electrons. The molecule has 0 bridgehead atoms. The molecule has 0 saturated heterocycles. The van der Waals surface area contributed by atoms with Crippen LogP contribution < -0.4 is 5.32 Å². The first-order valence-corrected chi connectivity index (χ1v) is 7.75. The van der Waals surface area contributed by atoms with Crippen LogP contribution in [0, 0.1) is 0 Å². The maximum atomic E-state index is 6.44. The Hall–Kier alpha value is -1.42. The van der Waals surface area contributed by atoms with Crippen molar-refractivity contribution >= 4 is 33.0 Å². The lowest BCUT2D eigenvalue weighted by Gasteiger charge is -2.12. The first-order chi connectivity index (χ1) is 9.75. The van der Waals surface area contributed by atoms with Crippen molar-refractivity contribution in [1.29, 1.82) is 0 Å². The van der Waals surface area contributed by atoms with E-state index in [9.17, 15) is 0 Å². The molecule has 0 saturated carbocycles. The molecule has 0 aliphatic carbocycles. The van der Waals surface area contributed by atoms with E-state index in [2.05, 4.69) is 29.4 Å². The Kier molecular flexibility index (Phi) is 4.01. The summed E-state index contributed by atoms with van der Waals surface area (Å²) in [5, 5.41) is 5.49. The van der Waals surface area contributed by atoms with Gasteiger partial charge in [-0.3, -0.25) is 4.98 Å². The van der Waals surface area contributed by atoms with Gasteiger partial charge < -0.3 is 5.32 Å². The van der Waals surface area contributed by atoms with E-state index < -0.39 is 0 Å². The van der Waals surface area contributed by atoms with Crippen LogP contribution in [-0.4, -0.2) is 4.98 Å². The second-order valence-electron chi connectivity index (χ2n) is 4.69. The third kappa shape index (κ3) is 2.70. The lowest BCUT2D eigenvalue weighted by atomic mass is 10.2. The lowest BCUT2D eigenvalue weighted by molar-refractivity contribution is 0.565. The third-order valence-electron chi connectivity index (χ3n) is 3.30. The minimum absolute atomic E-state index is 0.206. The molecule has 2 nitrogen and oxygen atoms in total. The fraction of sp³-hybridized carbons (Fsp3) is 0.188. The molecular weight excluding hydrogens is 288 g/mol. The number of aromatic nitrogens is 1. The van der Waals surface area contributed by atoms with Gasteiger partial charge in [-0.05, 0) is 25.1 Å². The minimum Gasteiger partial charge on any atom is -0.304 e. The number of nitrogens with zero attached hydrogens (tertiary/aromatic N) is 1. The number of rotatable bonds is 4. The van der Waals surface area contributed by atoms with Crippen LogP contribution in [-0.2, 0) is 6.54 Å². The maximum absolute atomic E-state index is 6.44. The molecule has 1 atom stereocenters. The van der Waals surface area contributed by atoms with Gasteiger partial charge in [-0.15, -0.1) is 11.3 Å². The van der Waals surface area contributed by atoms with Gasteiger partial charge in [0.1, 0.15) is 0 Å². The highest BCUT2D eigenvalue weighted by molar-refractivity contribution is 7.19. The van der Waals surface area contributed by atoms with Crippen LogP contribution >= 0.6 is 22.9 Å². The molecule has 0 spiro atoms. The highest BCUT2D eigenvalue weighted by Crippen LogP contribution is 2.35. The van der Waals surface area contributed by atoms with Crippen LogP contribution in [0.5, 0.6) is 0 Å². The monoisotopic (exact) mass is 302 g/mol. The zero-order valence-electron chi connectivity index (χ0n) is 11.1. The summed E-state index contributed by atoms with van der Waals surface area (Å²) < 4.78 is 1.24. The zero-order valence-corrected chi connectivity index (χ0v) is 12.7. The van der Waals surface area contributed by atoms with Gasteiger partial charge in [0.05, 0.1) is 10.7 Å². The van der Waals surface area contributed by atoms with E-state index in [1.54, 1.807) is 11.3 Å². The Morgan fingerprint density at radius 2 is 2.00 bits per heavy atom. The first-order valence-electron chi connectivity index (χ1n) is 6.56. The largest absolute Gasteiger partial charge is 0.304 e. The van der Waals surface area contributed by atoms with Gasteiger partial charge >= 0.3 is 0 Å². The molecule has 1 unspecified atom stereocenters. The summed E-state index contributed by atoms with van der Waals surface area (Å²) in [6.07, 6.45) is 1.82. The summed E-state index contributed by atoms with van der Waals surface area (Å²) in [5.74, 6) is 0. The number of hydrogen-bond acceptors (Lipinski definition) is 3. The Morgan fingerprint density at radius 3 is 2.75 bits per heavy atom. The topological polar surface area (TPSA) is 24.9 Å². The quantitative estimate of drug-likeness (QED) is 0.749. The smallest absolute Gasteiger partial charge is 0.0636 e. The molecule has 3 rings (SSSR count). The molecule has 3 aromatic rings. The third-order valence-corrected chi connectivity index (χ3v) is 5.02. The summed E-state index contributed by atoms with van der Waals surface area (Å²) in [7, 11) is 0. The molecule has 1 N–H and O–H groups in total. The van der Waals surface area contributed by atoms with Gasteiger partial charge in [0.2, 0.25) is 0 Å². The fourth-order valence-electron chi connectivity index (χ4n) is 2.16. The normalized spacial score (nSPS) is 12.7. The molecule has 20 heavy (non-hydrogen) atoms. The highest BCUT2D eigenvalue weighted by atomic mass is 35.5. The molecule has 1 aromatic carbocycles. The van der Waals surface area contributed by atoms with E-state index in [4.69, 9.17) is 11.6 Å². The fourth-order valence-corrected chi connectivity index (χ4v) is 3.61. The van der Waals surface area contributed by atoms with E-state index in [1.165, 1.54) is 9.58 Å². The van der Waals surface area contributed by atoms with Crippen molar-refractivity contribution in [2.45, 2.75) is 19.5 Å². The summed E-state index contributed by atoms with van der Waals surface area (Å²) >= 11 is 8.19. The Bertz CT molecular complexity index is 709. The Balaban J connectivity index is 1.76. The van der Waals surface area contributed by atoms with E-state index >= 15 is 0 Å². The molecule has 2 heterocycles. The molecule has 2 aromatic heterocycles. The number of pyridine rings is 1. The molecule has 0 amide bonds. The summed E-state index contributed by atoms with van der Waals surface area (Å²) in [6.45, 7) is 2.87. The van der Waals surface area contributed by atoms with Gasteiger partial charge in [0, 0.05) is 33.7 Å². The van der Waals surface area contributed by atoms with E-state index in [1.807, 2.05) is 36.5 Å². The number of thiophene rings is 1. The molecule has 4 heteroatoms. The highest BCUT2D eigenvalue weighted by Gasteiger charge is 2.11. The average Bonchev–Trinajstić information content (AvgIpc) is 2.83. The van der Waals surface area contributed by atoms with Crippen LogP contribution in [0.3, 0.4) is 0 Å². The number of benzene rings is 1. The number of halogens is 1. The van der Waals surface area contributed by atoms with Crippen LogP contribution in [0.2, 0.25) is 5.02 Å². The van der Waals surface area contributed by atoms with Crippen molar-refractivity contribution in [2.24, 2.45) is 0 Å². The van der Waals surface area contributed by atoms with Gasteiger partial charge in [-0.1, -0.05) is 35.9 Å². The van der Waals surface area contributed by atoms with Crippen LogP contribution in [0.25, 0.3) is 10.1 Å². The standard InChI is InChI=1S/C16H15ClN2S/c1-11(13-7-4-5-9-18-13)19-10-15-16(17)12-6-2-3-8-14(12)20-15/h2-9,11,19H,10H2,1H3. The van der Waals surface area contributed by atoms with Crippen LogP contribution in [0.4, 0.5) is 0 Å². The van der Waals surface area contributed by atoms with Crippen LogP contribution in [0.15, 0.2) is 48.7 Å². The zero-order chi connectivity index (χ0) is 13.9. The summed E-state index contributed by atoms with van der Waals surface area (Å²) in [6, 6.07) is 14.4. The van der Waals surface area contributed by atoms with Crippen molar-refractivity contribution < 1.29 is 0 Å². The second kappa shape index (κ2) is 5.92. The van der Waals surface area contributed by atoms with Gasteiger partial charge in [-0.25, -0.2) is 0 Å². The SMILES string of the molecule is CC(NCc1sc2ccccc2c1Cl)c1ccccn1. The van der Waals surface area contributed by atoms with Gasteiger partial charge in [0.15, 0.2) is 0 Å². The number of fused-ring (bicyclic) bond motifs is 1. The van der Waals surface area contributed by atoms with Crippen molar-refractivity contribution in [2.75, 3.05) is 0 Å². The Labute approximate surface area is 127 Å². The lowest BCUT2D eigenvalue weighted by Crippen LogP contribution is -2.18. The molecule has 0 aliphatic rings. The molecule has 0 radical (unpaired) electrons. The van der Waals surface area contributed by atoms with Gasteiger partial charge in [0.25, 0.3) is 0 Å². The summed E-state index contributed by atoms with van der Waals surface area (Å²) in [4.78, 5) is 5.54. The number of nitrogens with one attached hydrogen (secondary N) is 1. The molecular formula is C16H15ClN2S. The van der Waals surface area contributed by atoms with Crippen molar-refractivity contribution in [3.63, 3.8) is 0 Å². The van der Waals surface area contributed by atoms with Crippen molar-refractivity contribution in [3.8, 4) is 0 Å². The van der Waals surface area contributed by atoms with Crippen molar-refractivity contribution in [3.05, 3.63) is 64.3 Å². The maximum Gasteiger partial charge on any atom is 0.0636 e. The predicted octanol–water partition coefficient (Wildman–Crippen LogP) is 4.80. The Morgan fingerprint density at radius 1 is 1.20 bits per heavy atom. The summed E-state index contributed by atoms with van der Waals surface area (Å²) in [5.41, 5.74) is 1.05. The second-order valence-corrected chi connectivity index (χ2v) is 6.21. The minimum atomic E-state index is 0.206. The van der Waals surface area contributed by atoms with Crippen LogP contribution in [0.1, 0.15) is 23.5 Å². The van der Waals surface area contributed by atoms with E-state index in [-0.39, 0.29) is 6.04 Å². The number of hydrogen-bond donors (Lipinski definition) is 1. The predicted molar refractivity (Wildman–Crippen MR) is 86.3 cm³/mol. The van der Waals surface area contributed by atoms with E-state index in [0.29, 0.717) is 0 Å². The average molecular weight is 303 g/mol. The van der Waals surface area contributed by atoms with Gasteiger partial charge in [-0.2, -0.15) is 0 Å².